The number of hydrogen-bond donors (Lipinski definition) is 0. The Morgan fingerprint density at radius 1 is 1.05 bits per heavy atom. The maximum Gasteiger partial charge on any atom is 0.222 e. The first-order chi connectivity index (χ1) is 10.3. The lowest BCUT2D eigenvalue weighted by Gasteiger charge is -2.31. The highest BCUT2D eigenvalue weighted by molar-refractivity contribution is 6.18. The fourth-order valence-electron chi connectivity index (χ4n) is 3.16. The summed E-state index contributed by atoms with van der Waals surface area (Å²) in [5, 5.41) is 0. The van der Waals surface area contributed by atoms with Crippen molar-refractivity contribution in [3.63, 3.8) is 0 Å². The van der Waals surface area contributed by atoms with E-state index in [0.29, 0.717) is 17.7 Å². The standard InChI is InChI=1S/C18H34ClNO/c1-2-3-4-5-6-7-8-9-10-13-18(21)20-14-11-12-17(15-19)16-20/h17H,2-16H2,1H3. The van der Waals surface area contributed by atoms with E-state index in [-0.39, 0.29) is 0 Å². The van der Waals surface area contributed by atoms with Gasteiger partial charge in [-0.15, -0.1) is 11.6 Å². The van der Waals surface area contributed by atoms with Gasteiger partial charge in [0.2, 0.25) is 5.91 Å². The molecule has 3 heteroatoms. The molecule has 1 atom stereocenters. The summed E-state index contributed by atoms with van der Waals surface area (Å²) in [4.78, 5) is 14.2. The van der Waals surface area contributed by atoms with Gasteiger partial charge in [-0.2, -0.15) is 0 Å². The number of alkyl halides is 1. The molecule has 1 rings (SSSR count). The molecular formula is C18H34ClNO. The fourth-order valence-corrected chi connectivity index (χ4v) is 3.41. The summed E-state index contributed by atoms with van der Waals surface area (Å²) < 4.78 is 0. The van der Waals surface area contributed by atoms with E-state index >= 15 is 0 Å². The summed E-state index contributed by atoms with van der Waals surface area (Å²) in [5.41, 5.74) is 0. The van der Waals surface area contributed by atoms with E-state index in [1.807, 2.05) is 4.90 Å². The minimum atomic E-state index is 0.354. The molecular weight excluding hydrogens is 282 g/mol. The van der Waals surface area contributed by atoms with Crippen LogP contribution in [0.5, 0.6) is 0 Å². The van der Waals surface area contributed by atoms with Crippen molar-refractivity contribution in [2.45, 2.75) is 84.0 Å². The quantitative estimate of drug-likeness (QED) is 0.370. The van der Waals surface area contributed by atoms with E-state index < -0.39 is 0 Å². The highest BCUT2D eigenvalue weighted by Gasteiger charge is 2.22. The highest BCUT2D eigenvalue weighted by Crippen LogP contribution is 2.19. The molecule has 21 heavy (non-hydrogen) atoms. The van der Waals surface area contributed by atoms with E-state index in [1.165, 1.54) is 57.8 Å². The van der Waals surface area contributed by atoms with Gasteiger partial charge in [0, 0.05) is 25.4 Å². The van der Waals surface area contributed by atoms with Gasteiger partial charge in [-0.1, -0.05) is 58.3 Å². The lowest BCUT2D eigenvalue weighted by atomic mass is 9.99. The molecule has 0 bridgehead atoms. The van der Waals surface area contributed by atoms with Crippen molar-refractivity contribution in [3.05, 3.63) is 0 Å². The zero-order chi connectivity index (χ0) is 15.3. The summed E-state index contributed by atoms with van der Waals surface area (Å²) in [6.45, 7) is 4.10. The topological polar surface area (TPSA) is 20.3 Å². The van der Waals surface area contributed by atoms with Gasteiger partial charge in [0.05, 0.1) is 0 Å². The summed E-state index contributed by atoms with van der Waals surface area (Å²) in [7, 11) is 0. The average Bonchev–Trinajstić information content (AvgIpc) is 2.53. The van der Waals surface area contributed by atoms with Crippen molar-refractivity contribution >= 4 is 17.5 Å². The smallest absolute Gasteiger partial charge is 0.222 e. The minimum absolute atomic E-state index is 0.354. The normalized spacial score (nSPS) is 19.0. The summed E-state index contributed by atoms with van der Waals surface area (Å²) >= 11 is 5.92. The van der Waals surface area contributed by atoms with Crippen LogP contribution < -0.4 is 0 Å². The van der Waals surface area contributed by atoms with Crippen LogP contribution in [-0.4, -0.2) is 29.8 Å². The number of carbonyl (C=O) groups excluding carboxylic acids is 1. The largest absolute Gasteiger partial charge is 0.342 e. The molecule has 2 nitrogen and oxygen atoms in total. The summed E-state index contributed by atoms with van der Waals surface area (Å²) in [6.07, 6.45) is 14.8. The molecule has 0 radical (unpaired) electrons. The van der Waals surface area contributed by atoms with Crippen LogP contribution in [0.15, 0.2) is 0 Å². The number of unbranched alkanes of at least 4 members (excludes halogenated alkanes) is 8. The molecule has 0 N–H and O–H groups in total. The Labute approximate surface area is 136 Å². The molecule has 1 amide bonds. The lowest BCUT2D eigenvalue weighted by Crippen LogP contribution is -2.40. The third-order valence-corrected chi connectivity index (χ3v) is 5.02. The molecule has 1 saturated heterocycles. The molecule has 0 spiro atoms. The van der Waals surface area contributed by atoms with Crippen LogP contribution in [0.4, 0.5) is 0 Å². The lowest BCUT2D eigenvalue weighted by molar-refractivity contribution is -0.133. The van der Waals surface area contributed by atoms with Crippen LogP contribution in [0, 0.1) is 5.92 Å². The van der Waals surface area contributed by atoms with Crippen LogP contribution in [-0.2, 0) is 4.79 Å². The number of nitrogens with zero attached hydrogens (tertiary/aromatic N) is 1. The molecule has 1 heterocycles. The fraction of sp³-hybridized carbons (Fsp3) is 0.944. The van der Waals surface area contributed by atoms with E-state index in [0.717, 1.165) is 32.4 Å². The molecule has 1 fully saturated rings. The van der Waals surface area contributed by atoms with Crippen molar-refractivity contribution in [2.24, 2.45) is 5.92 Å². The summed E-state index contributed by atoms with van der Waals surface area (Å²) in [5.74, 6) is 1.57. The Kier molecular flexibility index (Phi) is 11.0. The molecule has 1 aliphatic rings. The zero-order valence-corrected chi connectivity index (χ0v) is 14.7. The van der Waals surface area contributed by atoms with Gasteiger partial charge in [0.25, 0.3) is 0 Å². The van der Waals surface area contributed by atoms with Gasteiger partial charge >= 0.3 is 0 Å². The maximum atomic E-state index is 12.1. The average molecular weight is 316 g/mol. The predicted octanol–water partition coefficient (Wildman–Crippen LogP) is 5.38. The van der Waals surface area contributed by atoms with Gasteiger partial charge in [0.1, 0.15) is 0 Å². The van der Waals surface area contributed by atoms with Gasteiger partial charge < -0.3 is 4.90 Å². The second kappa shape index (κ2) is 12.3. The van der Waals surface area contributed by atoms with Crippen molar-refractivity contribution in [3.8, 4) is 0 Å². The van der Waals surface area contributed by atoms with Crippen LogP contribution in [0.25, 0.3) is 0 Å². The number of rotatable bonds is 11. The first-order valence-electron chi connectivity index (χ1n) is 9.11. The second-order valence-corrected chi connectivity index (χ2v) is 6.89. The first kappa shape index (κ1) is 18.8. The molecule has 0 aliphatic carbocycles. The van der Waals surface area contributed by atoms with Crippen molar-refractivity contribution in [2.75, 3.05) is 19.0 Å². The van der Waals surface area contributed by atoms with Crippen molar-refractivity contribution in [1.82, 2.24) is 4.90 Å². The molecule has 1 aliphatic heterocycles. The molecule has 1 unspecified atom stereocenters. The molecule has 124 valence electrons. The van der Waals surface area contributed by atoms with Gasteiger partial charge in [-0.3, -0.25) is 4.79 Å². The molecule has 0 aromatic heterocycles. The van der Waals surface area contributed by atoms with Crippen molar-refractivity contribution in [1.29, 1.82) is 0 Å². The second-order valence-electron chi connectivity index (χ2n) is 6.58. The predicted molar refractivity (Wildman–Crippen MR) is 91.9 cm³/mol. The minimum Gasteiger partial charge on any atom is -0.342 e. The molecule has 0 aromatic carbocycles. The van der Waals surface area contributed by atoms with Gasteiger partial charge in [-0.05, 0) is 25.2 Å². The van der Waals surface area contributed by atoms with E-state index in [1.54, 1.807) is 0 Å². The number of piperidine rings is 1. The van der Waals surface area contributed by atoms with Crippen LogP contribution in [0.2, 0.25) is 0 Å². The third-order valence-electron chi connectivity index (χ3n) is 4.58. The van der Waals surface area contributed by atoms with Crippen LogP contribution in [0.1, 0.15) is 84.0 Å². The SMILES string of the molecule is CCCCCCCCCCCC(=O)N1CCCC(CCl)C1. The maximum absolute atomic E-state index is 12.1. The number of carbonyl (C=O) groups is 1. The zero-order valence-electron chi connectivity index (χ0n) is 13.9. The third kappa shape index (κ3) is 8.70. The number of hydrogen-bond acceptors (Lipinski definition) is 1. The summed E-state index contributed by atoms with van der Waals surface area (Å²) in [6, 6.07) is 0. The van der Waals surface area contributed by atoms with Crippen LogP contribution >= 0.6 is 11.6 Å². The number of likely N-dealkylation sites (tertiary alicyclic amines) is 1. The van der Waals surface area contributed by atoms with E-state index in [2.05, 4.69) is 6.92 Å². The molecule has 0 aromatic rings. The number of halogens is 1. The first-order valence-corrected chi connectivity index (χ1v) is 9.65. The Hall–Kier alpha value is -0.240. The number of amides is 1. The monoisotopic (exact) mass is 315 g/mol. The van der Waals surface area contributed by atoms with E-state index in [9.17, 15) is 4.79 Å². The molecule has 0 saturated carbocycles. The Balaban J connectivity index is 1.96. The van der Waals surface area contributed by atoms with Crippen LogP contribution in [0.3, 0.4) is 0 Å². The Bertz CT molecular complexity index is 270. The van der Waals surface area contributed by atoms with Crippen molar-refractivity contribution < 1.29 is 4.79 Å². The Morgan fingerprint density at radius 3 is 2.29 bits per heavy atom. The van der Waals surface area contributed by atoms with E-state index in [4.69, 9.17) is 11.6 Å². The van der Waals surface area contributed by atoms with Gasteiger partial charge in [-0.25, -0.2) is 0 Å². The van der Waals surface area contributed by atoms with Gasteiger partial charge in [0.15, 0.2) is 0 Å². The highest BCUT2D eigenvalue weighted by atomic mass is 35.5. The Morgan fingerprint density at radius 2 is 1.67 bits per heavy atom.